The molecule has 0 radical (unpaired) electrons. The molecule has 2 aliphatic heterocycles. The summed E-state index contributed by atoms with van der Waals surface area (Å²) >= 11 is 0. The van der Waals surface area contributed by atoms with E-state index in [1.807, 2.05) is 12.1 Å². The minimum atomic E-state index is -0.109. The highest BCUT2D eigenvalue weighted by molar-refractivity contribution is 5.33. The molecule has 3 aromatic carbocycles. The van der Waals surface area contributed by atoms with E-state index >= 15 is 0 Å². The average molecular weight is 501 g/mol. The van der Waals surface area contributed by atoms with E-state index in [0.717, 1.165) is 50.5 Å². The van der Waals surface area contributed by atoms with E-state index in [1.54, 1.807) is 12.1 Å². The summed E-state index contributed by atoms with van der Waals surface area (Å²) in [5, 5.41) is 0. The molecule has 1 fully saturated rings. The SMILES string of the molecule is Cc1ccccc1CN1CCC2(CCCCc3ccccc3OCCN(Cc3ccccc3F)C2)CC1. The molecule has 0 saturated carbocycles. The Kier molecular flexibility index (Phi) is 8.58. The topological polar surface area (TPSA) is 15.7 Å². The van der Waals surface area contributed by atoms with Crippen molar-refractivity contribution in [3.05, 3.63) is 101 Å². The minimum Gasteiger partial charge on any atom is -0.492 e. The van der Waals surface area contributed by atoms with Crippen molar-refractivity contribution in [2.45, 2.75) is 58.5 Å². The number of halogens is 1. The van der Waals surface area contributed by atoms with E-state index in [1.165, 1.54) is 48.8 Å². The summed E-state index contributed by atoms with van der Waals surface area (Å²) in [6.07, 6.45) is 7.11. The lowest BCUT2D eigenvalue weighted by atomic mass is 9.73. The lowest BCUT2D eigenvalue weighted by molar-refractivity contribution is 0.0406. The molecule has 0 unspecified atom stereocenters. The third-order valence-corrected chi connectivity index (χ3v) is 8.52. The second-order valence-electron chi connectivity index (χ2n) is 11.2. The highest BCUT2D eigenvalue weighted by atomic mass is 19.1. The molecule has 0 atom stereocenters. The van der Waals surface area contributed by atoms with Gasteiger partial charge in [0.1, 0.15) is 18.2 Å². The number of hydrogen-bond acceptors (Lipinski definition) is 3. The van der Waals surface area contributed by atoms with Crippen LogP contribution in [0.4, 0.5) is 4.39 Å². The van der Waals surface area contributed by atoms with E-state index in [4.69, 9.17) is 4.74 Å². The Morgan fingerprint density at radius 1 is 0.757 bits per heavy atom. The smallest absolute Gasteiger partial charge is 0.127 e. The van der Waals surface area contributed by atoms with Crippen molar-refractivity contribution in [2.75, 3.05) is 32.8 Å². The van der Waals surface area contributed by atoms with Crippen molar-refractivity contribution >= 4 is 0 Å². The molecule has 0 aromatic heterocycles. The summed E-state index contributed by atoms with van der Waals surface area (Å²) in [4.78, 5) is 5.09. The number of ether oxygens (including phenoxy) is 1. The lowest BCUT2D eigenvalue weighted by Gasteiger charge is -2.45. The Morgan fingerprint density at radius 3 is 2.27 bits per heavy atom. The molecular formula is C33H41FN2O. The maximum absolute atomic E-state index is 14.6. The van der Waals surface area contributed by atoms with Crippen molar-refractivity contribution in [3.8, 4) is 5.75 Å². The van der Waals surface area contributed by atoms with Crippen LogP contribution in [0.25, 0.3) is 0 Å². The molecule has 0 aliphatic carbocycles. The quantitative estimate of drug-likeness (QED) is 0.383. The zero-order valence-electron chi connectivity index (χ0n) is 22.3. The van der Waals surface area contributed by atoms with Gasteiger partial charge in [-0.3, -0.25) is 9.80 Å². The maximum atomic E-state index is 14.6. The van der Waals surface area contributed by atoms with Crippen LogP contribution in [0.2, 0.25) is 0 Å². The molecule has 0 N–H and O–H groups in total. The van der Waals surface area contributed by atoms with Crippen LogP contribution in [-0.2, 0) is 19.5 Å². The summed E-state index contributed by atoms with van der Waals surface area (Å²) in [6, 6.07) is 24.5. The van der Waals surface area contributed by atoms with Gasteiger partial charge in [-0.1, -0.05) is 67.1 Å². The largest absolute Gasteiger partial charge is 0.492 e. The second-order valence-corrected chi connectivity index (χ2v) is 11.2. The Hall–Kier alpha value is -2.69. The monoisotopic (exact) mass is 500 g/mol. The Bertz CT molecular complexity index is 1150. The molecule has 2 aliphatic rings. The van der Waals surface area contributed by atoms with E-state index in [0.29, 0.717) is 13.2 Å². The number of aryl methyl sites for hydroxylation is 2. The number of hydrogen-bond donors (Lipinski definition) is 0. The van der Waals surface area contributed by atoms with Gasteiger partial charge in [0.15, 0.2) is 0 Å². The molecule has 1 saturated heterocycles. The third kappa shape index (κ3) is 6.80. The molecule has 4 heteroatoms. The fourth-order valence-electron chi connectivity index (χ4n) is 6.21. The molecular weight excluding hydrogens is 459 g/mol. The summed E-state index contributed by atoms with van der Waals surface area (Å²) in [5.41, 5.74) is 5.18. The van der Waals surface area contributed by atoms with Gasteiger partial charge in [0.25, 0.3) is 0 Å². The predicted octanol–water partition coefficient (Wildman–Crippen LogP) is 7.02. The van der Waals surface area contributed by atoms with Crippen LogP contribution in [0.1, 0.15) is 54.4 Å². The number of para-hydroxylation sites is 1. The first-order valence-electron chi connectivity index (χ1n) is 14.0. The number of benzene rings is 3. The number of fused-ring (bicyclic) bond motifs is 1. The molecule has 0 bridgehead atoms. The van der Waals surface area contributed by atoms with Gasteiger partial charge in [0.05, 0.1) is 0 Å². The number of piperidine rings is 1. The van der Waals surface area contributed by atoms with E-state index in [-0.39, 0.29) is 11.2 Å². The molecule has 196 valence electrons. The molecule has 37 heavy (non-hydrogen) atoms. The van der Waals surface area contributed by atoms with E-state index in [2.05, 4.69) is 65.3 Å². The van der Waals surface area contributed by atoms with Crippen molar-refractivity contribution in [1.29, 1.82) is 0 Å². The normalized spacial score (nSPS) is 19.4. The maximum Gasteiger partial charge on any atom is 0.127 e. The van der Waals surface area contributed by atoms with E-state index < -0.39 is 0 Å². The molecule has 0 amide bonds. The van der Waals surface area contributed by atoms with Gasteiger partial charge >= 0.3 is 0 Å². The third-order valence-electron chi connectivity index (χ3n) is 8.52. The Morgan fingerprint density at radius 2 is 1.46 bits per heavy atom. The first-order chi connectivity index (χ1) is 18.1. The minimum absolute atomic E-state index is 0.109. The van der Waals surface area contributed by atoms with Crippen LogP contribution < -0.4 is 4.74 Å². The Labute approximate surface area is 222 Å². The van der Waals surface area contributed by atoms with Gasteiger partial charge in [-0.2, -0.15) is 0 Å². The van der Waals surface area contributed by atoms with Crippen molar-refractivity contribution < 1.29 is 9.13 Å². The highest BCUT2D eigenvalue weighted by Crippen LogP contribution is 2.39. The van der Waals surface area contributed by atoms with Gasteiger partial charge in [-0.05, 0) is 86.4 Å². The second kappa shape index (κ2) is 12.2. The first kappa shape index (κ1) is 25.9. The van der Waals surface area contributed by atoms with Gasteiger partial charge in [0.2, 0.25) is 0 Å². The molecule has 3 nitrogen and oxygen atoms in total. The van der Waals surface area contributed by atoms with Crippen LogP contribution >= 0.6 is 0 Å². The lowest BCUT2D eigenvalue weighted by Crippen LogP contribution is -2.47. The summed E-state index contributed by atoms with van der Waals surface area (Å²) < 4.78 is 20.9. The average Bonchev–Trinajstić information content (AvgIpc) is 2.91. The summed E-state index contributed by atoms with van der Waals surface area (Å²) in [7, 11) is 0. The fourth-order valence-corrected chi connectivity index (χ4v) is 6.21. The standard InChI is InChI=1S/C33H41FN2O/c1-27-10-2-3-13-29(27)24-35-20-18-33(19-21-35)17-9-8-12-28-11-5-7-16-32(28)37-23-22-36(26-33)25-30-14-4-6-15-31(30)34/h2-7,10-11,13-16H,8-9,12,17-26H2,1H3. The predicted molar refractivity (Wildman–Crippen MR) is 149 cm³/mol. The van der Waals surface area contributed by atoms with Crippen LogP contribution in [0.5, 0.6) is 5.75 Å². The summed E-state index contributed by atoms with van der Waals surface area (Å²) in [5.74, 6) is 0.898. The zero-order valence-corrected chi connectivity index (χ0v) is 22.3. The van der Waals surface area contributed by atoms with Crippen molar-refractivity contribution in [3.63, 3.8) is 0 Å². The van der Waals surface area contributed by atoms with Crippen molar-refractivity contribution in [1.82, 2.24) is 9.80 Å². The number of nitrogens with zero attached hydrogens (tertiary/aromatic N) is 2. The highest BCUT2D eigenvalue weighted by Gasteiger charge is 2.36. The van der Waals surface area contributed by atoms with Crippen molar-refractivity contribution in [2.24, 2.45) is 5.41 Å². The van der Waals surface area contributed by atoms with Gasteiger partial charge in [-0.15, -0.1) is 0 Å². The van der Waals surface area contributed by atoms with E-state index in [9.17, 15) is 4.39 Å². The zero-order chi connectivity index (χ0) is 25.5. The number of rotatable bonds is 4. The molecule has 3 aromatic rings. The molecule has 5 rings (SSSR count). The molecule has 1 spiro atoms. The summed E-state index contributed by atoms with van der Waals surface area (Å²) in [6.45, 7) is 8.57. The fraction of sp³-hybridized carbons (Fsp3) is 0.455. The Balaban J connectivity index is 1.32. The van der Waals surface area contributed by atoms with Gasteiger partial charge in [-0.25, -0.2) is 4.39 Å². The number of likely N-dealkylation sites (tertiary alicyclic amines) is 1. The van der Waals surface area contributed by atoms with Crippen LogP contribution in [-0.4, -0.2) is 42.6 Å². The van der Waals surface area contributed by atoms with Crippen LogP contribution in [0, 0.1) is 18.2 Å². The van der Waals surface area contributed by atoms with Crippen LogP contribution in [0.3, 0.4) is 0 Å². The first-order valence-corrected chi connectivity index (χ1v) is 14.0. The van der Waals surface area contributed by atoms with Crippen LogP contribution in [0.15, 0.2) is 72.8 Å². The molecule has 2 heterocycles. The van der Waals surface area contributed by atoms with Gasteiger partial charge in [0, 0.05) is 31.7 Å². The van der Waals surface area contributed by atoms with Gasteiger partial charge < -0.3 is 4.74 Å².